The number of hydrogen-bond donors (Lipinski definition) is 1. The summed E-state index contributed by atoms with van der Waals surface area (Å²) in [5, 5.41) is 16.8. The van der Waals surface area contributed by atoms with Gasteiger partial charge in [0.1, 0.15) is 0 Å². The Morgan fingerprint density at radius 2 is 2.25 bits per heavy atom. The van der Waals surface area contributed by atoms with E-state index in [1.54, 1.807) is 18.3 Å². The normalized spacial score (nSPS) is 17.1. The number of aromatic nitrogens is 1. The molecule has 0 aromatic carbocycles. The minimum absolute atomic E-state index is 0.316. The molecule has 86 valence electrons. The van der Waals surface area contributed by atoms with Crippen molar-refractivity contribution in [1.82, 2.24) is 20.5 Å². The van der Waals surface area contributed by atoms with Gasteiger partial charge in [-0.25, -0.2) is 5.01 Å². The smallest absolute Gasteiger partial charge is 0.259 e. The zero-order valence-corrected chi connectivity index (χ0v) is 8.80. The van der Waals surface area contributed by atoms with Gasteiger partial charge in [0.15, 0.2) is 0 Å². The fourth-order valence-electron chi connectivity index (χ4n) is 1.56. The van der Waals surface area contributed by atoms with Crippen LogP contribution in [0.4, 0.5) is 0 Å². The van der Waals surface area contributed by atoms with Crippen molar-refractivity contribution >= 4 is 5.91 Å². The molecule has 2 heterocycles. The Morgan fingerprint density at radius 3 is 2.88 bits per heavy atom. The van der Waals surface area contributed by atoms with Crippen LogP contribution in [0.15, 0.2) is 24.5 Å². The highest BCUT2D eigenvalue weighted by atomic mass is 16.6. The second-order valence-corrected chi connectivity index (χ2v) is 3.52. The van der Waals surface area contributed by atoms with Crippen LogP contribution in [0, 0.1) is 5.21 Å². The third-order valence-electron chi connectivity index (χ3n) is 2.43. The number of carbonyl (C=O) groups is 1. The van der Waals surface area contributed by atoms with Crippen LogP contribution >= 0.6 is 0 Å². The molecule has 1 aromatic heterocycles. The van der Waals surface area contributed by atoms with E-state index in [1.165, 1.54) is 11.2 Å². The molecule has 0 bridgehead atoms. The second-order valence-electron chi connectivity index (χ2n) is 3.52. The molecule has 1 saturated heterocycles. The molecule has 1 amide bonds. The SMILES string of the molecule is O=C(c1cccnc1)N([O-])N1CCNCC1. The van der Waals surface area contributed by atoms with Gasteiger partial charge in [-0.3, -0.25) is 9.78 Å². The zero-order valence-electron chi connectivity index (χ0n) is 8.80. The van der Waals surface area contributed by atoms with Gasteiger partial charge in [-0.2, -0.15) is 0 Å². The minimum Gasteiger partial charge on any atom is -0.741 e. The summed E-state index contributed by atoms with van der Waals surface area (Å²) in [4.78, 5) is 15.6. The Bertz CT molecular complexity index is 351. The quantitative estimate of drug-likeness (QED) is 0.703. The van der Waals surface area contributed by atoms with Gasteiger partial charge in [0, 0.05) is 38.6 Å². The van der Waals surface area contributed by atoms with Crippen LogP contribution in [-0.2, 0) is 0 Å². The molecule has 1 N–H and O–H groups in total. The molecule has 0 saturated carbocycles. The minimum atomic E-state index is -0.560. The third-order valence-corrected chi connectivity index (χ3v) is 2.43. The topological polar surface area (TPSA) is 71.5 Å². The summed E-state index contributed by atoms with van der Waals surface area (Å²) in [6.45, 7) is 2.54. The molecule has 0 atom stereocenters. The highest BCUT2D eigenvalue weighted by molar-refractivity contribution is 5.93. The fourth-order valence-corrected chi connectivity index (χ4v) is 1.56. The van der Waals surface area contributed by atoms with E-state index in [2.05, 4.69) is 10.3 Å². The Balaban J connectivity index is 2.04. The number of carbonyl (C=O) groups excluding carboxylic acids is 1. The summed E-state index contributed by atoms with van der Waals surface area (Å²) >= 11 is 0. The Hall–Kier alpha value is -1.50. The lowest BCUT2D eigenvalue weighted by atomic mass is 10.3. The summed E-state index contributed by atoms with van der Waals surface area (Å²) in [6.07, 6.45) is 2.96. The molecule has 1 aliphatic rings. The standard InChI is InChI=1S/C10H13N4O2/c15-10(9-2-1-3-12-8-9)14(16)13-6-4-11-5-7-13/h1-3,8,11H,4-7H2/q-1. The summed E-state index contributed by atoms with van der Waals surface area (Å²) < 4.78 is 0. The number of hydroxylamine groups is 1. The highest BCUT2D eigenvalue weighted by Gasteiger charge is 2.16. The summed E-state index contributed by atoms with van der Waals surface area (Å²) in [7, 11) is 0. The second kappa shape index (κ2) is 5.02. The molecule has 1 aromatic rings. The van der Waals surface area contributed by atoms with Crippen molar-refractivity contribution in [1.29, 1.82) is 0 Å². The maximum absolute atomic E-state index is 11.8. The Kier molecular flexibility index (Phi) is 3.45. The van der Waals surface area contributed by atoms with Crippen LogP contribution < -0.4 is 5.32 Å². The monoisotopic (exact) mass is 221 g/mol. The Labute approximate surface area is 93.4 Å². The maximum Gasteiger partial charge on any atom is 0.259 e. The summed E-state index contributed by atoms with van der Waals surface area (Å²) in [5.41, 5.74) is 0.316. The first kappa shape index (κ1) is 11.0. The molecule has 6 nitrogen and oxygen atoms in total. The van der Waals surface area contributed by atoms with E-state index >= 15 is 0 Å². The zero-order chi connectivity index (χ0) is 11.4. The summed E-state index contributed by atoms with van der Waals surface area (Å²) in [5.74, 6) is -0.560. The van der Waals surface area contributed by atoms with E-state index in [4.69, 9.17) is 0 Å². The van der Waals surface area contributed by atoms with Gasteiger partial charge in [0.2, 0.25) is 0 Å². The molecule has 1 fully saturated rings. The van der Waals surface area contributed by atoms with Crippen LogP contribution in [-0.4, -0.2) is 47.3 Å². The number of nitrogens with zero attached hydrogens (tertiary/aromatic N) is 3. The number of hydrazine groups is 1. The van der Waals surface area contributed by atoms with Crippen LogP contribution in [0.5, 0.6) is 0 Å². The van der Waals surface area contributed by atoms with Gasteiger partial charge >= 0.3 is 0 Å². The highest BCUT2D eigenvalue weighted by Crippen LogP contribution is 2.06. The first-order valence-electron chi connectivity index (χ1n) is 5.16. The first-order valence-corrected chi connectivity index (χ1v) is 5.16. The first-order chi connectivity index (χ1) is 7.79. The van der Waals surface area contributed by atoms with Gasteiger partial charge < -0.3 is 15.7 Å². The van der Waals surface area contributed by atoms with Crippen molar-refractivity contribution in [2.24, 2.45) is 0 Å². The third kappa shape index (κ3) is 2.35. The van der Waals surface area contributed by atoms with Crippen molar-refractivity contribution in [2.45, 2.75) is 0 Å². The van der Waals surface area contributed by atoms with E-state index in [0.29, 0.717) is 23.8 Å². The van der Waals surface area contributed by atoms with E-state index in [0.717, 1.165) is 13.1 Å². The predicted octanol–water partition coefficient (Wildman–Crippen LogP) is -0.158. The van der Waals surface area contributed by atoms with Gasteiger partial charge in [0.25, 0.3) is 5.91 Å². The van der Waals surface area contributed by atoms with Gasteiger partial charge in [-0.1, -0.05) is 0 Å². The molecule has 6 heteroatoms. The number of pyridine rings is 1. The molecular formula is C10H13N4O2-. The number of hydrogen-bond acceptors (Lipinski definition) is 5. The lowest BCUT2D eigenvalue weighted by molar-refractivity contribution is 0.0122. The number of amides is 1. The fraction of sp³-hybridized carbons (Fsp3) is 0.400. The van der Waals surface area contributed by atoms with Crippen molar-refractivity contribution in [2.75, 3.05) is 26.2 Å². The van der Waals surface area contributed by atoms with Crippen molar-refractivity contribution in [3.05, 3.63) is 35.3 Å². The van der Waals surface area contributed by atoms with Crippen LogP contribution in [0.25, 0.3) is 0 Å². The van der Waals surface area contributed by atoms with Crippen molar-refractivity contribution < 1.29 is 4.79 Å². The number of nitrogens with one attached hydrogen (secondary N) is 1. The van der Waals surface area contributed by atoms with Crippen LogP contribution in [0.3, 0.4) is 0 Å². The molecule has 16 heavy (non-hydrogen) atoms. The van der Waals surface area contributed by atoms with Crippen molar-refractivity contribution in [3.63, 3.8) is 0 Å². The molecule has 0 aliphatic carbocycles. The number of piperazine rings is 1. The largest absolute Gasteiger partial charge is 0.741 e. The molecular weight excluding hydrogens is 208 g/mol. The van der Waals surface area contributed by atoms with Crippen LogP contribution in [0.1, 0.15) is 10.4 Å². The molecule has 1 aliphatic heterocycles. The van der Waals surface area contributed by atoms with Gasteiger partial charge in [-0.05, 0) is 12.1 Å². The van der Waals surface area contributed by atoms with Crippen LogP contribution in [0.2, 0.25) is 0 Å². The van der Waals surface area contributed by atoms with E-state index in [1.807, 2.05) is 0 Å². The molecule has 2 rings (SSSR count). The molecule has 0 unspecified atom stereocenters. The lowest BCUT2D eigenvalue weighted by Gasteiger charge is -2.41. The van der Waals surface area contributed by atoms with E-state index < -0.39 is 5.91 Å². The van der Waals surface area contributed by atoms with Gasteiger partial charge in [-0.15, -0.1) is 0 Å². The summed E-state index contributed by atoms with van der Waals surface area (Å²) in [6, 6.07) is 3.22. The Morgan fingerprint density at radius 1 is 1.50 bits per heavy atom. The maximum atomic E-state index is 11.8. The average molecular weight is 221 g/mol. The van der Waals surface area contributed by atoms with E-state index in [9.17, 15) is 10.0 Å². The lowest BCUT2D eigenvalue weighted by Crippen LogP contribution is -2.52. The predicted molar refractivity (Wildman–Crippen MR) is 58.2 cm³/mol. The molecule has 0 radical (unpaired) electrons. The van der Waals surface area contributed by atoms with Gasteiger partial charge in [0.05, 0.1) is 5.56 Å². The van der Waals surface area contributed by atoms with Crippen molar-refractivity contribution in [3.8, 4) is 0 Å². The van der Waals surface area contributed by atoms with E-state index in [-0.39, 0.29) is 0 Å². The number of rotatable bonds is 2. The molecule has 0 spiro atoms. The average Bonchev–Trinajstić information content (AvgIpc) is 2.39.